The first kappa shape index (κ1) is 14.7. The molecule has 0 saturated carbocycles. The molecule has 0 spiro atoms. The Morgan fingerprint density at radius 1 is 1.43 bits per heavy atom. The third-order valence-electron chi connectivity index (χ3n) is 2.72. The van der Waals surface area contributed by atoms with E-state index >= 15 is 0 Å². The van der Waals surface area contributed by atoms with Gasteiger partial charge in [-0.05, 0) is 11.6 Å². The van der Waals surface area contributed by atoms with Crippen LogP contribution in [0.3, 0.4) is 0 Å². The first-order chi connectivity index (χ1) is 9.99. The van der Waals surface area contributed by atoms with E-state index in [1.54, 1.807) is 24.3 Å². The Labute approximate surface area is 124 Å². The van der Waals surface area contributed by atoms with Gasteiger partial charge < -0.3 is 10.4 Å². The fourth-order valence-corrected chi connectivity index (χ4v) is 1.87. The second-order valence-electron chi connectivity index (χ2n) is 4.10. The van der Waals surface area contributed by atoms with Crippen LogP contribution in [0.25, 0.3) is 0 Å². The van der Waals surface area contributed by atoms with Gasteiger partial charge in [0.25, 0.3) is 0 Å². The van der Waals surface area contributed by atoms with Crippen LogP contribution < -0.4 is 5.32 Å². The van der Waals surface area contributed by atoms with Crippen molar-refractivity contribution in [3.63, 3.8) is 0 Å². The highest BCUT2D eigenvalue weighted by atomic mass is 35.5. The largest absolute Gasteiger partial charge is 0.478 e. The van der Waals surface area contributed by atoms with Gasteiger partial charge in [0.1, 0.15) is 0 Å². The molecule has 2 aromatic rings. The fraction of sp³-hybridized carbons (Fsp3) is 0.0769. The smallest absolute Gasteiger partial charge is 0.337 e. The number of carbonyl (C=O) groups is 1. The van der Waals surface area contributed by atoms with Gasteiger partial charge in [-0.1, -0.05) is 29.8 Å². The summed E-state index contributed by atoms with van der Waals surface area (Å²) in [5.41, 5.74) is 0.101. The zero-order valence-corrected chi connectivity index (χ0v) is 11.4. The molecule has 0 saturated heterocycles. The standard InChI is InChI=1S/C13H10ClN3O4/c14-10-4-2-1-3-8(10)6-15-12-11(17(20)21)5-9(7-16-12)13(18)19/h1-5,7H,6H2,(H,15,16)(H,18,19). The van der Waals surface area contributed by atoms with Crippen LogP contribution >= 0.6 is 11.6 Å². The van der Waals surface area contributed by atoms with Gasteiger partial charge in [0.2, 0.25) is 5.82 Å². The highest BCUT2D eigenvalue weighted by molar-refractivity contribution is 6.31. The lowest BCUT2D eigenvalue weighted by atomic mass is 10.2. The summed E-state index contributed by atoms with van der Waals surface area (Å²) >= 11 is 5.99. The van der Waals surface area contributed by atoms with Crippen LogP contribution in [-0.2, 0) is 6.54 Å². The van der Waals surface area contributed by atoms with Crippen molar-refractivity contribution < 1.29 is 14.8 Å². The molecular formula is C13H10ClN3O4. The summed E-state index contributed by atoms with van der Waals surface area (Å²) in [5.74, 6) is -1.28. The van der Waals surface area contributed by atoms with Crippen LogP contribution in [0.15, 0.2) is 36.5 Å². The quantitative estimate of drug-likeness (QED) is 0.650. The maximum absolute atomic E-state index is 11.0. The Balaban J connectivity index is 2.26. The fourth-order valence-electron chi connectivity index (χ4n) is 1.67. The summed E-state index contributed by atoms with van der Waals surface area (Å²) in [6.45, 7) is 0.236. The number of nitrogens with one attached hydrogen (secondary N) is 1. The molecule has 7 nitrogen and oxygen atoms in total. The maximum atomic E-state index is 11.0. The molecule has 0 aliphatic carbocycles. The molecular weight excluding hydrogens is 298 g/mol. The van der Waals surface area contributed by atoms with E-state index in [4.69, 9.17) is 16.7 Å². The van der Waals surface area contributed by atoms with E-state index < -0.39 is 16.6 Å². The highest BCUT2D eigenvalue weighted by Gasteiger charge is 2.18. The minimum Gasteiger partial charge on any atom is -0.478 e. The lowest BCUT2D eigenvalue weighted by Crippen LogP contribution is -2.07. The number of hydrogen-bond donors (Lipinski definition) is 2. The zero-order valence-electron chi connectivity index (χ0n) is 10.6. The second kappa shape index (κ2) is 6.19. The predicted molar refractivity (Wildman–Crippen MR) is 76.6 cm³/mol. The van der Waals surface area contributed by atoms with Crippen molar-refractivity contribution in [1.82, 2.24) is 4.98 Å². The van der Waals surface area contributed by atoms with Crippen molar-refractivity contribution in [2.45, 2.75) is 6.54 Å². The van der Waals surface area contributed by atoms with E-state index in [1.807, 2.05) is 0 Å². The molecule has 0 amide bonds. The summed E-state index contributed by atoms with van der Waals surface area (Å²) in [6.07, 6.45) is 1.06. The van der Waals surface area contributed by atoms with Gasteiger partial charge in [-0.25, -0.2) is 9.78 Å². The first-order valence-electron chi connectivity index (χ1n) is 5.84. The molecule has 21 heavy (non-hydrogen) atoms. The van der Waals surface area contributed by atoms with Gasteiger partial charge in [-0.3, -0.25) is 10.1 Å². The third kappa shape index (κ3) is 3.46. The summed E-state index contributed by atoms with van der Waals surface area (Å²) in [6, 6.07) is 8.00. The summed E-state index contributed by atoms with van der Waals surface area (Å²) in [5, 5.41) is 23.1. The number of nitrogens with zero attached hydrogens (tertiary/aromatic N) is 2. The monoisotopic (exact) mass is 307 g/mol. The number of hydrogen-bond acceptors (Lipinski definition) is 5. The van der Waals surface area contributed by atoms with Crippen LogP contribution in [0, 0.1) is 10.1 Å². The highest BCUT2D eigenvalue weighted by Crippen LogP contribution is 2.24. The van der Waals surface area contributed by atoms with Crippen molar-refractivity contribution in [2.75, 3.05) is 5.32 Å². The van der Waals surface area contributed by atoms with Crippen molar-refractivity contribution in [3.8, 4) is 0 Å². The van der Waals surface area contributed by atoms with E-state index in [0.717, 1.165) is 17.8 Å². The number of carboxylic acid groups (broad SMARTS) is 1. The molecule has 108 valence electrons. The number of pyridine rings is 1. The molecule has 1 aromatic carbocycles. The zero-order chi connectivity index (χ0) is 15.4. The number of aromatic nitrogens is 1. The van der Waals surface area contributed by atoms with E-state index in [2.05, 4.69) is 10.3 Å². The molecule has 1 aromatic heterocycles. The molecule has 0 unspecified atom stereocenters. The number of halogens is 1. The normalized spacial score (nSPS) is 10.1. The number of carboxylic acids is 1. The van der Waals surface area contributed by atoms with Gasteiger partial charge in [0.05, 0.1) is 10.5 Å². The van der Waals surface area contributed by atoms with E-state index in [-0.39, 0.29) is 17.9 Å². The minimum atomic E-state index is -1.27. The van der Waals surface area contributed by atoms with Crippen LogP contribution in [0.4, 0.5) is 11.5 Å². The molecule has 0 bridgehead atoms. The topological polar surface area (TPSA) is 105 Å². The lowest BCUT2D eigenvalue weighted by Gasteiger charge is -2.08. The van der Waals surface area contributed by atoms with Crippen molar-refractivity contribution in [3.05, 3.63) is 62.8 Å². The SMILES string of the molecule is O=C(O)c1cnc(NCc2ccccc2Cl)c([N+](=O)[O-])c1. The first-order valence-corrected chi connectivity index (χ1v) is 6.22. The van der Waals surface area contributed by atoms with Crippen molar-refractivity contribution in [2.24, 2.45) is 0 Å². The average Bonchev–Trinajstić information content (AvgIpc) is 2.46. The van der Waals surface area contributed by atoms with Crippen molar-refractivity contribution in [1.29, 1.82) is 0 Å². The van der Waals surface area contributed by atoms with Crippen LogP contribution in [0.5, 0.6) is 0 Å². The Hall–Kier alpha value is -2.67. The number of rotatable bonds is 5. The Kier molecular flexibility index (Phi) is 4.34. The number of benzene rings is 1. The second-order valence-corrected chi connectivity index (χ2v) is 4.51. The lowest BCUT2D eigenvalue weighted by molar-refractivity contribution is -0.384. The summed E-state index contributed by atoms with van der Waals surface area (Å²) in [4.78, 5) is 24.9. The molecule has 0 aliphatic rings. The molecule has 0 fully saturated rings. The molecule has 0 aliphatic heterocycles. The Morgan fingerprint density at radius 3 is 2.76 bits per heavy atom. The van der Waals surface area contributed by atoms with Crippen molar-refractivity contribution >= 4 is 29.1 Å². The van der Waals surface area contributed by atoms with Crippen LogP contribution in [0.1, 0.15) is 15.9 Å². The molecule has 2 rings (SSSR count). The number of nitro groups is 1. The molecule has 0 atom stereocenters. The van der Waals surface area contributed by atoms with Gasteiger partial charge in [0.15, 0.2) is 0 Å². The van der Waals surface area contributed by atoms with Gasteiger partial charge in [-0.15, -0.1) is 0 Å². The van der Waals surface area contributed by atoms with Gasteiger partial charge in [-0.2, -0.15) is 0 Å². The van der Waals surface area contributed by atoms with Crippen LogP contribution in [-0.4, -0.2) is 21.0 Å². The third-order valence-corrected chi connectivity index (χ3v) is 3.08. The summed E-state index contributed by atoms with van der Waals surface area (Å²) < 4.78 is 0. The predicted octanol–water partition coefficient (Wildman–Crippen LogP) is 2.95. The van der Waals surface area contributed by atoms with Crippen LogP contribution in [0.2, 0.25) is 5.02 Å². The summed E-state index contributed by atoms with van der Waals surface area (Å²) in [7, 11) is 0. The number of anilines is 1. The maximum Gasteiger partial charge on any atom is 0.337 e. The number of aromatic carboxylic acids is 1. The Bertz CT molecular complexity index is 706. The van der Waals surface area contributed by atoms with Gasteiger partial charge >= 0.3 is 11.7 Å². The van der Waals surface area contributed by atoms with E-state index in [1.165, 1.54) is 0 Å². The van der Waals surface area contributed by atoms with Gasteiger partial charge in [0, 0.05) is 23.8 Å². The molecule has 0 radical (unpaired) electrons. The average molecular weight is 308 g/mol. The molecule has 1 heterocycles. The van der Waals surface area contributed by atoms with E-state index in [0.29, 0.717) is 5.02 Å². The molecule has 2 N–H and O–H groups in total. The Morgan fingerprint density at radius 2 is 2.14 bits per heavy atom. The van der Waals surface area contributed by atoms with E-state index in [9.17, 15) is 14.9 Å². The molecule has 8 heteroatoms. The minimum absolute atomic E-state index is 0.00933.